The van der Waals surface area contributed by atoms with Crippen LogP contribution in [-0.4, -0.2) is 31.4 Å². The van der Waals surface area contributed by atoms with Gasteiger partial charge >= 0.3 is 5.97 Å². The van der Waals surface area contributed by atoms with Crippen LogP contribution >= 0.6 is 22.9 Å². The van der Waals surface area contributed by atoms with Crippen LogP contribution < -0.4 is 10.2 Å². The van der Waals surface area contributed by atoms with Crippen molar-refractivity contribution in [1.82, 2.24) is 0 Å². The number of esters is 1. The van der Waals surface area contributed by atoms with Gasteiger partial charge in [0, 0.05) is 28.6 Å². The second kappa shape index (κ2) is 9.11. The second-order valence-corrected chi connectivity index (χ2v) is 11.4. The lowest BCUT2D eigenvalue weighted by atomic mass is 9.72. The summed E-state index contributed by atoms with van der Waals surface area (Å²) in [5.74, 6) is -0.812. The van der Waals surface area contributed by atoms with Crippen molar-refractivity contribution in [1.29, 1.82) is 0 Å². The van der Waals surface area contributed by atoms with Crippen molar-refractivity contribution in [2.75, 3.05) is 23.9 Å². The number of nitrogens with one attached hydrogen (secondary N) is 1. The van der Waals surface area contributed by atoms with Crippen molar-refractivity contribution < 1.29 is 19.1 Å². The van der Waals surface area contributed by atoms with Gasteiger partial charge in [-0.3, -0.25) is 9.59 Å². The maximum absolute atomic E-state index is 13.1. The summed E-state index contributed by atoms with van der Waals surface area (Å²) in [7, 11) is 1.36. The van der Waals surface area contributed by atoms with E-state index in [1.54, 1.807) is 29.2 Å². The summed E-state index contributed by atoms with van der Waals surface area (Å²) in [4.78, 5) is 41.1. The number of carbonyl (C=O) groups is 3. The largest absolute Gasteiger partial charge is 0.465 e. The first-order valence-corrected chi connectivity index (χ1v) is 12.4. The third kappa shape index (κ3) is 4.80. The number of fused-ring (bicyclic) bond motifs is 1. The predicted octanol–water partition coefficient (Wildman–Crippen LogP) is 5.33. The van der Waals surface area contributed by atoms with Crippen LogP contribution in [0, 0.1) is 17.3 Å². The number of ether oxygens (including phenoxy) is 1. The van der Waals surface area contributed by atoms with Crippen molar-refractivity contribution >= 4 is 51.4 Å². The van der Waals surface area contributed by atoms with Gasteiger partial charge in [0.1, 0.15) is 5.00 Å². The maximum atomic E-state index is 13.1. The number of hydrogen-bond acceptors (Lipinski definition) is 5. The van der Waals surface area contributed by atoms with Crippen LogP contribution in [0.15, 0.2) is 24.3 Å². The van der Waals surface area contributed by atoms with Crippen LogP contribution in [0.5, 0.6) is 0 Å². The average molecular weight is 489 g/mol. The molecule has 33 heavy (non-hydrogen) atoms. The van der Waals surface area contributed by atoms with Gasteiger partial charge in [-0.05, 0) is 54.4 Å². The zero-order chi connectivity index (χ0) is 23.9. The lowest BCUT2D eigenvalue weighted by molar-refractivity contribution is -0.122. The van der Waals surface area contributed by atoms with E-state index in [4.69, 9.17) is 16.3 Å². The summed E-state index contributed by atoms with van der Waals surface area (Å²) in [6.45, 7) is 6.99. The van der Waals surface area contributed by atoms with E-state index in [9.17, 15) is 14.4 Å². The smallest absolute Gasteiger partial charge is 0.341 e. The lowest BCUT2D eigenvalue weighted by Gasteiger charge is -2.33. The van der Waals surface area contributed by atoms with Crippen molar-refractivity contribution in [3.8, 4) is 0 Å². The number of nitrogens with zero attached hydrogens (tertiary/aromatic N) is 1. The molecular weight excluding hydrogens is 460 g/mol. The Morgan fingerprint density at radius 1 is 1.24 bits per heavy atom. The molecule has 2 unspecified atom stereocenters. The number of halogens is 1. The number of benzene rings is 1. The molecule has 1 aromatic heterocycles. The SMILES string of the molecule is COC(=O)c1c(NC(=O)C2CC(=O)N(c3cccc(Cl)c3)C2)sc2c1CCC(C(C)(C)C)C2. The maximum Gasteiger partial charge on any atom is 0.341 e. The highest BCUT2D eigenvalue weighted by Gasteiger charge is 2.38. The van der Waals surface area contributed by atoms with Gasteiger partial charge in [-0.1, -0.05) is 38.4 Å². The van der Waals surface area contributed by atoms with E-state index in [0.29, 0.717) is 27.2 Å². The highest BCUT2D eigenvalue weighted by molar-refractivity contribution is 7.17. The molecule has 0 radical (unpaired) electrons. The molecule has 4 rings (SSSR count). The van der Waals surface area contributed by atoms with Crippen LogP contribution in [-0.2, 0) is 27.2 Å². The Hall–Kier alpha value is -2.38. The number of methoxy groups -OCH3 is 1. The minimum Gasteiger partial charge on any atom is -0.465 e. The van der Waals surface area contributed by atoms with Gasteiger partial charge in [-0.2, -0.15) is 0 Å². The summed E-state index contributed by atoms with van der Waals surface area (Å²) >= 11 is 7.53. The molecule has 0 saturated carbocycles. The van der Waals surface area contributed by atoms with Crippen LogP contribution in [0.3, 0.4) is 0 Å². The van der Waals surface area contributed by atoms with Crippen molar-refractivity contribution in [3.05, 3.63) is 45.3 Å². The third-order valence-corrected chi connectivity index (χ3v) is 8.14. The molecule has 8 heteroatoms. The van der Waals surface area contributed by atoms with Crippen molar-refractivity contribution in [3.63, 3.8) is 0 Å². The van der Waals surface area contributed by atoms with Gasteiger partial charge in [-0.25, -0.2) is 4.79 Å². The monoisotopic (exact) mass is 488 g/mol. The first-order chi connectivity index (χ1) is 15.6. The summed E-state index contributed by atoms with van der Waals surface area (Å²) in [6.07, 6.45) is 2.78. The molecule has 2 amide bonds. The van der Waals surface area contributed by atoms with Crippen LogP contribution in [0.1, 0.15) is 54.4 Å². The minimum atomic E-state index is -0.511. The van der Waals surface area contributed by atoms with Gasteiger partial charge in [0.15, 0.2) is 0 Å². The number of rotatable bonds is 4. The normalized spacial score (nSPS) is 20.5. The molecule has 1 fully saturated rings. The highest BCUT2D eigenvalue weighted by atomic mass is 35.5. The summed E-state index contributed by atoms with van der Waals surface area (Å²) in [6, 6.07) is 7.04. The molecule has 1 aromatic carbocycles. The Morgan fingerprint density at radius 2 is 2.00 bits per heavy atom. The number of hydrogen-bond donors (Lipinski definition) is 1. The molecule has 2 aliphatic rings. The Labute approximate surface area is 203 Å². The highest BCUT2D eigenvalue weighted by Crippen LogP contribution is 2.44. The van der Waals surface area contributed by atoms with Crippen LogP contribution in [0.25, 0.3) is 0 Å². The molecule has 6 nitrogen and oxygen atoms in total. The topological polar surface area (TPSA) is 75.7 Å². The molecule has 2 heterocycles. The van der Waals surface area contributed by atoms with E-state index in [2.05, 4.69) is 26.1 Å². The van der Waals surface area contributed by atoms with Crippen LogP contribution in [0.2, 0.25) is 5.02 Å². The van der Waals surface area contributed by atoms with Crippen molar-refractivity contribution in [2.24, 2.45) is 17.3 Å². The molecule has 176 valence electrons. The Bertz CT molecular complexity index is 1100. The number of thiophene rings is 1. The fourth-order valence-corrected chi connectivity index (χ4v) is 6.22. The van der Waals surface area contributed by atoms with E-state index < -0.39 is 11.9 Å². The van der Waals surface area contributed by atoms with Gasteiger partial charge in [-0.15, -0.1) is 11.3 Å². The van der Waals surface area contributed by atoms with E-state index in [1.165, 1.54) is 18.4 Å². The minimum absolute atomic E-state index is 0.114. The van der Waals surface area contributed by atoms with E-state index in [1.807, 2.05) is 0 Å². The van der Waals surface area contributed by atoms with Gasteiger partial charge in [0.25, 0.3) is 0 Å². The molecule has 1 aliphatic heterocycles. The first kappa shape index (κ1) is 23.8. The molecular formula is C25H29ClN2O4S. The van der Waals surface area contributed by atoms with E-state index in [0.717, 1.165) is 29.7 Å². The molecule has 0 spiro atoms. The number of amides is 2. The Kier molecular flexibility index (Phi) is 6.56. The van der Waals surface area contributed by atoms with E-state index >= 15 is 0 Å². The standard InChI is InChI=1S/C25H29ClN2O4S/c1-25(2,3)15-8-9-18-19(11-15)33-23(21(18)24(31)32-4)27-22(30)14-10-20(29)28(13-14)17-7-5-6-16(26)12-17/h5-7,12,14-15H,8-11,13H2,1-4H3,(H,27,30). The molecule has 1 saturated heterocycles. The van der Waals surface area contributed by atoms with Crippen LogP contribution in [0.4, 0.5) is 10.7 Å². The molecule has 1 aliphatic carbocycles. The summed E-state index contributed by atoms with van der Waals surface area (Å²) < 4.78 is 5.05. The first-order valence-electron chi connectivity index (χ1n) is 11.2. The summed E-state index contributed by atoms with van der Waals surface area (Å²) in [5, 5.41) is 4.02. The predicted molar refractivity (Wildman–Crippen MR) is 131 cm³/mol. The number of anilines is 2. The third-order valence-electron chi connectivity index (χ3n) is 6.73. The summed E-state index contributed by atoms with van der Waals surface area (Å²) in [5.41, 5.74) is 2.31. The Morgan fingerprint density at radius 3 is 2.67 bits per heavy atom. The molecule has 0 bridgehead atoms. The van der Waals surface area contributed by atoms with Gasteiger partial charge in [0.2, 0.25) is 11.8 Å². The van der Waals surface area contributed by atoms with Gasteiger partial charge < -0.3 is 15.0 Å². The van der Waals surface area contributed by atoms with E-state index in [-0.39, 0.29) is 30.2 Å². The quantitative estimate of drug-likeness (QED) is 0.590. The fourth-order valence-electron chi connectivity index (χ4n) is 4.72. The zero-order valence-corrected chi connectivity index (χ0v) is 20.9. The van der Waals surface area contributed by atoms with Crippen molar-refractivity contribution in [2.45, 2.75) is 46.5 Å². The molecule has 2 atom stereocenters. The zero-order valence-electron chi connectivity index (χ0n) is 19.4. The lowest BCUT2D eigenvalue weighted by Crippen LogP contribution is -2.28. The molecule has 2 aromatic rings. The fraction of sp³-hybridized carbons (Fsp3) is 0.480. The van der Waals surface area contributed by atoms with Gasteiger partial charge in [0.05, 0.1) is 18.6 Å². The average Bonchev–Trinajstić information content (AvgIpc) is 3.32. The molecule has 1 N–H and O–H groups in total. The second-order valence-electron chi connectivity index (χ2n) is 9.88. The Balaban J connectivity index is 1.55. The number of carbonyl (C=O) groups excluding carboxylic acids is 3.